The van der Waals surface area contributed by atoms with Crippen molar-refractivity contribution >= 4 is 61.2 Å². The first kappa shape index (κ1) is 42.7. The van der Waals surface area contributed by atoms with Crippen LogP contribution in [0.25, 0.3) is 43.7 Å². The van der Waals surface area contributed by atoms with Crippen LogP contribution in [0.2, 0.25) is 0 Å². The Bertz CT molecular complexity index is 2860. The Morgan fingerprint density at radius 2 is 1.38 bits per heavy atom. The molecule has 0 aliphatic rings. The fourth-order valence-corrected chi connectivity index (χ4v) is 7.33. The fourth-order valence-electron chi connectivity index (χ4n) is 7.33. The molecule has 0 radical (unpaired) electrons. The number of unbranched alkanes of at least 4 members (excludes halogenated alkanes) is 2. The number of H-pyrrole nitrogens is 2. The number of esters is 1. The number of halogens is 2. The number of anilines is 2. The summed E-state index contributed by atoms with van der Waals surface area (Å²) >= 11 is 0. The minimum atomic E-state index is -0.517. The minimum Gasteiger partial charge on any atom is -0.491 e. The lowest BCUT2D eigenvalue weighted by Gasteiger charge is -2.29. The molecule has 11 nitrogen and oxygen atoms in total. The summed E-state index contributed by atoms with van der Waals surface area (Å²) < 4.78 is 47.6. The van der Waals surface area contributed by atoms with E-state index < -0.39 is 17.6 Å². The normalized spacial score (nSPS) is 11.2. The van der Waals surface area contributed by atoms with E-state index in [0.29, 0.717) is 79.8 Å². The Labute approximate surface area is 346 Å². The van der Waals surface area contributed by atoms with Crippen molar-refractivity contribution in [1.29, 1.82) is 10.5 Å². The molecule has 0 aliphatic carbocycles. The Hall–Kier alpha value is -6.86. The number of hydrogen-bond acceptors (Lipinski definition) is 8. The third-order valence-electron chi connectivity index (χ3n) is 10.2. The van der Waals surface area contributed by atoms with Crippen LogP contribution in [-0.4, -0.2) is 46.9 Å². The molecular formula is C47H48F2N6O5. The van der Waals surface area contributed by atoms with Crippen LogP contribution in [0.5, 0.6) is 11.5 Å². The van der Waals surface area contributed by atoms with Gasteiger partial charge in [-0.25, -0.2) is 13.6 Å². The van der Waals surface area contributed by atoms with E-state index >= 15 is 0 Å². The first-order valence-corrected chi connectivity index (χ1v) is 20.1. The predicted molar refractivity (Wildman–Crippen MR) is 231 cm³/mol. The zero-order valence-corrected chi connectivity index (χ0v) is 34.8. The molecule has 4 aromatic carbocycles. The standard InChI is InChI=1S/C24H26FN3O3.C23H22FN3O2/c1-5-6-11-31-21-10-8-17(13-19(21)25)28(15(2)3)23-22(24(29)30-4)18-9-7-16(14-26)12-20(18)27-23;1-4-5-8-29-20-10-16-19(11-17(20)24)27(13(2)3)23-21(22(16)28)15-7-6-14(12-25)9-18(15)26-23/h7-10,12-13,15,27H,5-6,11H2,1-4H3;6-7,9-11,13,26H,4-5,8H2,1-3H3. The Morgan fingerprint density at radius 1 is 0.783 bits per heavy atom. The summed E-state index contributed by atoms with van der Waals surface area (Å²) in [6.07, 6.45) is 3.57. The molecule has 2 N–H and O–H groups in total. The maximum Gasteiger partial charge on any atom is 0.342 e. The summed E-state index contributed by atoms with van der Waals surface area (Å²) in [5.74, 6) is -0.692. The number of aromatic amines is 2. The average Bonchev–Trinajstić information content (AvgIpc) is 3.79. The number of nitrogens with zero attached hydrogens (tertiary/aromatic N) is 4. The van der Waals surface area contributed by atoms with Gasteiger partial charge in [-0.1, -0.05) is 38.8 Å². The van der Waals surface area contributed by atoms with Crippen LogP contribution in [0.15, 0.2) is 71.5 Å². The van der Waals surface area contributed by atoms with Crippen molar-refractivity contribution in [1.82, 2.24) is 14.5 Å². The van der Waals surface area contributed by atoms with E-state index in [9.17, 15) is 28.9 Å². The molecule has 3 heterocycles. The second kappa shape index (κ2) is 18.4. The molecule has 310 valence electrons. The maximum absolute atomic E-state index is 14.8. The van der Waals surface area contributed by atoms with Crippen LogP contribution >= 0.6 is 0 Å². The molecule has 7 aromatic rings. The first-order chi connectivity index (χ1) is 28.9. The maximum atomic E-state index is 14.8. The summed E-state index contributed by atoms with van der Waals surface area (Å²) in [7, 11) is 1.32. The predicted octanol–water partition coefficient (Wildman–Crippen LogP) is 11.1. The molecule has 0 amide bonds. The monoisotopic (exact) mass is 814 g/mol. The van der Waals surface area contributed by atoms with Crippen molar-refractivity contribution in [3.05, 3.63) is 105 Å². The van der Waals surface area contributed by atoms with Gasteiger partial charge in [0.1, 0.15) is 17.0 Å². The van der Waals surface area contributed by atoms with Gasteiger partial charge < -0.3 is 33.6 Å². The van der Waals surface area contributed by atoms with Crippen molar-refractivity contribution in [2.24, 2.45) is 0 Å². The summed E-state index contributed by atoms with van der Waals surface area (Å²) in [4.78, 5) is 34.4. The number of fused-ring (bicyclic) bond motifs is 5. The van der Waals surface area contributed by atoms with E-state index in [-0.39, 0.29) is 29.0 Å². The molecule has 0 unspecified atom stereocenters. The highest BCUT2D eigenvalue weighted by Gasteiger charge is 2.27. The fraction of sp³-hybridized carbons (Fsp3) is 0.319. The smallest absolute Gasteiger partial charge is 0.342 e. The molecule has 0 bridgehead atoms. The highest BCUT2D eigenvalue weighted by molar-refractivity contribution is 6.11. The molecule has 0 spiro atoms. The number of nitrogens with one attached hydrogen (secondary N) is 2. The highest BCUT2D eigenvalue weighted by atomic mass is 19.1. The summed E-state index contributed by atoms with van der Waals surface area (Å²) in [5.41, 5.74) is 4.17. The molecule has 60 heavy (non-hydrogen) atoms. The molecule has 13 heteroatoms. The van der Waals surface area contributed by atoms with Crippen LogP contribution in [0, 0.1) is 34.3 Å². The number of pyridine rings is 1. The molecule has 0 saturated carbocycles. The number of methoxy groups -OCH3 is 1. The average molecular weight is 815 g/mol. The number of carbonyl (C=O) groups is 1. The van der Waals surface area contributed by atoms with Crippen molar-refractivity contribution in [3.8, 4) is 23.6 Å². The Balaban J connectivity index is 0.000000202. The third kappa shape index (κ3) is 8.34. The van der Waals surface area contributed by atoms with Gasteiger partial charge >= 0.3 is 5.97 Å². The van der Waals surface area contributed by atoms with Crippen molar-refractivity contribution < 1.29 is 27.8 Å². The zero-order chi connectivity index (χ0) is 43.2. The highest BCUT2D eigenvalue weighted by Crippen LogP contribution is 2.38. The lowest BCUT2D eigenvalue weighted by atomic mass is 10.1. The van der Waals surface area contributed by atoms with Crippen LogP contribution in [0.1, 0.15) is 94.8 Å². The van der Waals surface area contributed by atoms with Gasteiger partial charge in [-0.3, -0.25) is 4.79 Å². The van der Waals surface area contributed by atoms with Crippen LogP contribution in [0.3, 0.4) is 0 Å². The van der Waals surface area contributed by atoms with Crippen molar-refractivity contribution in [2.45, 2.75) is 79.3 Å². The van der Waals surface area contributed by atoms with Gasteiger partial charge in [-0.15, -0.1) is 0 Å². The number of carbonyl (C=O) groups excluding carboxylic acids is 1. The van der Waals surface area contributed by atoms with E-state index in [1.165, 1.54) is 25.3 Å². The molecular weight excluding hydrogens is 767 g/mol. The summed E-state index contributed by atoms with van der Waals surface area (Å²) in [5, 5.41) is 20.7. The van der Waals surface area contributed by atoms with Gasteiger partial charge in [-0.2, -0.15) is 10.5 Å². The minimum absolute atomic E-state index is 0.0182. The lowest BCUT2D eigenvalue weighted by molar-refractivity contribution is 0.0603. The Morgan fingerprint density at radius 3 is 1.95 bits per heavy atom. The largest absolute Gasteiger partial charge is 0.491 e. The lowest BCUT2D eigenvalue weighted by Crippen LogP contribution is -2.27. The molecule has 7 rings (SSSR count). The van der Waals surface area contributed by atoms with Crippen LogP contribution < -0.4 is 19.8 Å². The molecule has 0 saturated heterocycles. The first-order valence-electron chi connectivity index (χ1n) is 20.1. The van der Waals surface area contributed by atoms with E-state index in [1.54, 1.807) is 48.5 Å². The van der Waals surface area contributed by atoms with Gasteiger partial charge in [-0.05, 0) is 83.0 Å². The second-order valence-electron chi connectivity index (χ2n) is 15.0. The topological polar surface area (TPSA) is 149 Å². The third-order valence-corrected chi connectivity index (χ3v) is 10.2. The molecule has 0 atom stereocenters. The molecule has 3 aromatic heterocycles. The summed E-state index contributed by atoms with van der Waals surface area (Å²) in [6, 6.07) is 22.0. The van der Waals surface area contributed by atoms with Gasteiger partial charge in [0.05, 0.1) is 59.9 Å². The van der Waals surface area contributed by atoms with E-state index in [0.717, 1.165) is 31.1 Å². The SMILES string of the molecule is CCCCOc1cc2c(=O)c3c4ccc(C#N)cc4[nH]c3n(C(C)C)c2cc1F.CCCCOc1ccc(N(c2[nH]c3cc(C#N)ccc3c2C(=O)OC)C(C)C)cc1F. The van der Waals surface area contributed by atoms with Crippen molar-refractivity contribution in [3.63, 3.8) is 0 Å². The number of hydrogen-bond donors (Lipinski definition) is 2. The van der Waals surface area contributed by atoms with Crippen LogP contribution in [0.4, 0.5) is 20.3 Å². The van der Waals surface area contributed by atoms with Gasteiger partial charge in [0.15, 0.2) is 28.6 Å². The number of ether oxygens (including phenoxy) is 3. The zero-order valence-electron chi connectivity index (χ0n) is 34.8. The number of aromatic nitrogens is 3. The molecule has 0 aliphatic heterocycles. The second-order valence-corrected chi connectivity index (χ2v) is 15.0. The van der Waals surface area contributed by atoms with E-state index in [2.05, 4.69) is 22.1 Å². The Kier molecular flexibility index (Phi) is 13.1. The number of nitriles is 2. The van der Waals surface area contributed by atoms with Crippen molar-refractivity contribution in [2.75, 3.05) is 25.2 Å². The van der Waals surface area contributed by atoms with Crippen LogP contribution in [-0.2, 0) is 4.74 Å². The van der Waals surface area contributed by atoms with E-state index in [4.69, 9.17) is 14.2 Å². The quantitative estimate of drug-likeness (QED) is 0.0863. The molecule has 0 fully saturated rings. The van der Waals surface area contributed by atoms with Gasteiger partial charge in [0, 0.05) is 51.7 Å². The van der Waals surface area contributed by atoms with E-state index in [1.807, 2.05) is 51.0 Å². The summed E-state index contributed by atoms with van der Waals surface area (Å²) in [6.45, 7) is 12.8. The number of rotatable bonds is 13. The van der Waals surface area contributed by atoms with Gasteiger partial charge in [0.2, 0.25) is 0 Å². The number of benzene rings is 4. The van der Waals surface area contributed by atoms with Gasteiger partial charge in [0.25, 0.3) is 0 Å².